The zero-order valence-electron chi connectivity index (χ0n) is 9.70. The van der Waals surface area contributed by atoms with Gasteiger partial charge in [0.25, 0.3) is 0 Å². The molecule has 18 heavy (non-hydrogen) atoms. The van der Waals surface area contributed by atoms with Crippen molar-refractivity contribution in [3.8, 4) is 0 Å². The number of carbonyl (C=O) groups is 1. The molecule has 1 saturated carbocycles. The Kier molecular flexibility index (Phi) is 2.98. The van der Waals surface area contributed by atoms with Crippen LogP contribution in [-0.2, 0) is 4.79 Å². The minimum atomic E-state index is -0.406. The first kappa shape index (κ1) is 11.9. The predicted molar refractivity (Wildman–Crippen MR) is 71.6 cm³/mol. The SMILES string of the molecule is O=C(Nc1ccc(Br)cc1F)C1CC2C=CC1C2. The summed E-state index contributed by atoms with van der Waals surface area (Å²) >= 11 is 3.19. The van der Waals surface area contributed by atoms with Gasteiger partial charge in [0, 0.05) is 10.4 Å². The lowest BCUT2D eigenvalue weighted by Crippen LogP contribution is -2.26. The summed E-state index contributed by atoms with van der Waals surface area (Å²) < 4.78 is 14.3. The first-order chi connectivity index (χ1) is 8.63. The minimum Gasteiger partial charge on any atom is -0.323 e. The number of fused-ring (bicyclic) bond motifs is 2. The quantitative estimate of drug-likeness (QED) is 0.828. The van der Waals surface area contributed by atoms with Crippen molar-refractivity contribution in [1.82, 2.24) is 0 Å². The number of benzene rings is 1. The monoisotopic (exact) mass is 309 g/mol. The number of rotatable bonds is 2. The molecule has 0 radical (unpaired) electrons. The third kappa shape index (κ3) is 2.09. The number of carbonyl (C=O) groups excluding carboxylic acids is 1. The highest BCUT2D eigenvalue weighted by Crippen LogP contribution is 2.43. The van der Waals surface area contributed by atoms with Crippen molar-refractivity contribution in [2.75, 3.05) is 5.32 Å². The molecule has 3 unspecified atom stereocenters. The molecule has 1 aromatic carbocycles. The van der Waals surface area contributed by atoms with Gasteiger partial charge in [-0.25, -0.2) is 4.39 Å². The van der Waals surface area contributed by atoms with Crippen LogP contribution in [0.4, 0.5) is 10.1 Å². The fraction of sp³-hybridized carbons (Fsp3) is 0.357. The maximum atomic E-state index is 13.6. The van der Waals surface area contributed by atoms with Gasteiger partial charge in [-0.3, -0.25) is 4.79 Å². The molecule has 1 amide bonds. The highest BCUT2D eigenvalue weighted by atomic mass is 79.9. The molecule has 1 fully saturated rings. The Morgan fingerprint density at radius 2 is 2.17 bits per heavy atom. The first-order valence-corrected chi connectivity index (χ1v) is 6.87. The summed E-state index contributed by atoms with van der Waals surface area (Å²) in [5.41, 5.74) is 0.259. The number of hydrogen-bond acceptors (Lipinski definition) is 1. The summed E-state index contributed by atoms with van der Waals surface area (Å²) in [6.45, 7) is 0. The summed E-state index contributed by atoms with van der Waals surface area (Å²) in [6, 6.07) is 4.66. The molecule has 0 heterocycles. The second kappa shape index (κ2) is 4.50. The van der Waals surface area contributed by atoms with Crippen LogP contribution in [0, 0.1) is 23.6 Å². The average molecular weight is 310 g/mol. The van der Waals surface area contributed by atoms with Gasteiger partial charge in [-0.1, -0.05) is 28.1 Å². The number of allylic oxidation sites excluding steroid dienone is 2. The van der Waals surface area contributed by atoms with E-state index >= 15 is 0 Å². The zero-order valence-corrected chi connectivity index (χ0v) is 11.3. The number of amides is 1. The van der Waals surface area contributed by atoms with Crippen molar-refractivity contribution in [1.29, 1.82) is 0 Å². The Balaban J connectivity index is 1.73. The van der Waals surface area contributed by atoms with Crippen LogP contribution in [-0.4, -0.2) is 5.91 Å². The molecule has 2 aliphatic carbocycles. The molecule has 94 valence electrons. The molecule has 1 aromatic rings. The first-order valence-electron chi connectivity index (χ1n) is 6.08. The van der Waals surface area contributed by atoms with Crippen LogP contribution in [0.15, 0.2) is 34.8 Å². The largest absolute Gasteiger partial charge is 0.323 e. The van der Waals surface area contributed by atoms with Crippen molar-refractivity contribution >= 4 is 27.5 Å². The topological polar surface area (TPSA) is 29.1 Å². The minimum absolute atomic E-state index is 0.00282. The van der Waals surface area contributed by atoms with E-state index < -0.39 is 5.82 Å². The number of halogens is 2. The maximum absolute atomic E-state index is 13.6. The van der Waals surface area contributed by atoms with E-state index in [0.717, 1.165) is 12.8 Å². The van der Waals surface area contributed by atoms with Gasteiger partial charge in [0.2, 0.25) is 5.91 Å². The zero-order chi connectivity index (χ0) is 12.7. The smallest absolute Gasteiger partial charge is 0.228 e. The Hall–Kier alpha value is -1.16. The lowest BCUT2D eigenvalue weighted by Gasteiger charge is -2.17. The van der Waals surface area contributed by atoms with Gasteiger partial charge in [0.15, 0.2) is 0 Å². The third-order valence-corrected chi connectivity index (χ3v) is 4.30. The van der Waals surface area contributed by atoms with Gasteiger partial charge >= 0.3 is 0 Å². The molecular weight excluding hydrogens is 297 g/mol. The summed E-state index contributed by atoms with van der Waals surface area (Å²) in [4.78, 5) is 12.1. The Morgan fingerprint density at radius 1 is 1.33 bits per heavy atom. The molecule has 1 N–H and O–H groups in total. The van der Waals surface area contributed by atoms with Crippen molar-refractivity contribution in [2.45, 2.75) is 12.8 Å². The maximum Gasteiger partial charge on any atom is 0.228 e. The van der Waals surface area contributed by atoms with Crippen LogP contribution in [0.5, 0.6) is 0 Å². The fourth-order valence-electron chi connectivity index (χ4n) is 2.90. The van der Waals surface area contributed by atoms with E-state index in [-0.39, 0.29) is 17.5 Å². The Labute approximate surface area is 113 Å². The summed E-state index contributed by atoms with van der Waals surface area (Å²) in [6.07, 6.45) is 6.27. The van der Waals surface area contributed by atoms with Crippen molar-refractivity contribution in [2.24, 2.45) is 17.8 Å². The lowest BCUT2D eigenvalue weighted by atomic mass is 9.93. The van der Waals surface area contributed by atoms with E-state index in [1.807, 2.05) is 0 Å². The van der Waals surface area contributed by atoms with Gasteiger partial charge in [-0.05, 0) is 42.9 Å². The number of nitrogens with one attached hydrogen (secondary N) is 1. The van der Waals surface area contributed by atoms with Crippen molar-refractivity contribution in [3.63, 3.8) is 0 Å². The standard InChI is InChI=1S/C14H13BrFNO/c15-10-3-4-13(12(16)7-10)17-14(18)11-6-8-1-2-9(11)5-8/h1-4,7-9,11H,5-6H2,(H,17,18). The second-order valence-corrected chi connectivity index (χ2v) is 5.92. The third-order valence-electron chi connectivity index (χ3n) is 3.80. The number of anilines is 1. The van der Waals surface area contributed by atoms with Gasteiger partial charge < -0.3 is 5.32 Å². The molecule has 3 rings (SSSR count). The molecule has 3 atom stereocenters. The van der Waals surface area contributed by atoms with E-state index in [2.05, 4.69) is 33.4 Å². The van der Waals surface area contributed by atoms with Crippen molar-refractivity contribution in [3.05, 3.63) is 40.6 Å². The van der Waals surface area contributed by atoms with E-state index in [0.29, 0.717) is 16.3 Å². The molecule has 2 bridgehead atoms. The molecular formula is C14H13BrFNO. The van der Waals surface area contributed by atoms with Crippen LogP contribution in [0.2, 0.25) is 0 Å². The van der Waals surface area contributed by atoms with E-state index in [1.165, 1.54) is 6.07 Å². The highest BCUT2D eigenvalue weighted by Gasteiger charge is 2.39. The summed E-state index contributed by atoms with van der Waals surface area (Å²) in [7, 11) is 0. The van der Waals surface area contributed by atoms with Crippen LogP contribution in [0.3, 0.4) is 0 Å². The van der Waals surface area contributed by atoms with Gasteiger partial charge in [-0.15, -0.1) is 0 Å². The predicted octanol–water partition coefficient (Wildman–Crippen LogP) is 3.74. The van der Waals surface area contributed by atoms with Crippen LogP contribution >= 0.6 is 15.9 Å². The second-order valence-electron chi connectivity index (χ2n) is 5.00. The van der Waals surface area contributed by atoms with Crippen LogP contribution < -0.4 is 5.32 Å². The average Bonchev–Trinajstić information content (AvgIpc) is 2.94. The van der Waals surface area contributed by atoms with Crippen molar-refractivity contribution < 1.29 is 9.18 Å². The van der Waals surface area contributed by atoms with E-state index in [4.69, 9.17) is 0 Å². The van der Waals surface area contributed by atoms with Gasteiger partial charge in [0.05, 0.1) is 5.69 Å². The lowest BCUT2D eigenvalue weighted by molar-refractivity contribution is -0.120. The summed E-state index contributed by atoms with van der Waals surface area (Å²) in [5.74, 6) is 0.418. The normalized spacial score (nSPS) is 28.7. The van der Waals surface area contributed by atoms with Crippen LogP contribution in [0.1, 0.15) is 12.8 Å². The number of hydrogen-bond donors (Lipinski definition) is 1. The highest BCUT2D eigenvalue weighted by molar-refractivity contribution is 9.10. The molecule has 2 aliphatic rings. The van der Waals surface area contributed by atoms with E-state index in [1.54, 1.807) is 12.1 Å². The molecule has 4 heteroatoms. The van der Waals surface area contributed by atoms with Crippen LogP contribution in [0.25, 0.3) is 0 Å². The molecule has 0 aromatic heterocycles. The van der Waals surface area contributed by atoms with E-state index in [9.17, 15) is 9.18 Å². The molecule has 0 saturated heterocycles. The molecule has 0 aliphatic heterocycles. The molecule has 2 nitrogen and oxygen atoms in total. The van der Waals surface area contributed by atoms with Gasteiger partial charge in [-0.2, -0.15) is 0 Å². The summed E-state index contributed by atoms with van der Waals surface area (Å²) in [5, 5.41) is 2.70. The fourth-order valence-corrected chi connectivity index (χ4v) is 3.23. The molecule has 0 spiro atoms. The Bertz CT molecular complexity index is 529. The van der Waals surface area contributed by atoms with Gasteiger partial charge in [0.1, 0.15) is 5.82 Å². The Morgan fingerprint density at radius 3 is 2.78 bits per heavy atom.